The van der Waals surface area contributed by atoms with E-state index < -0.39 is 5.82 Å². The molecule has 0 spiro atoms. The number of carbonyl (C=O) groups is 1. The van der Waals surface area contributed by atoms with Crippen molar-refractivity contribution in [3.8, 4) is 23.1 Å². The zero-order valence-corrected chi connectivity index (χ0v) is 18.6. The Morgan fingerprint density at radius 2 is 1.94 bits per heavy atom. The molecule has 0 radical (unpaired) electrons. The third-order valence-corrected chi connectivity index (χ3v) is 5.02. The third-order valence-electron chi connectivity index (χ3n) is 5.02. The van der Waals surface area contributed by atoms with E-state index in [-0.39, 0.29) is 24.0 Å². The molecule has 0 aliphatic rings. The minimum Gasteiger partial charge on any atom is -0.493 e. The van der Waals surface area contributed by atoms with E-state index in [1.54, 1.807) is 37.3 Å². The average Bonchev–Trinajstić information content (AvgIpc) is 3.19. The Balaban J connectivity index is 1.58. The first-order chi connectivity index (χ1) is 16.0. The second-order valence-corrected chi connectivity index (χ2v) is 7.35. The number of aryl methyl sites for hydroxylation is 1. The molecule has 172 valence electrons. The van der Waals surface area contributed by atoms with Crippen molar-refractivity contribution in [3.63, 3.8) is 0 Å². The lowest BCUT2D eigenvalue weighted by Gasteiger charge is -2.13. The van der Waals surface area contributed by atoms with E-state index in [1.807, 2.05) is 6.92 Å². The summed E-state index contributed by atoms with van der Waals surface area (Å²) in [4.78, 5) is 23.0. The molecule has 2 aromatic carbocycles. The number of nitrogens with one attached hydrogen (secondary N) is 1. The van der Waals surface area contributed by atoms with E-state index in [9.17, 15) is 9.18 Å². The van der Waals surface area contributed by atoms with Gasteiger partial charge in [0.2, 0.25) is 5.88 Å². The van der Waals surface area contributed by atoms with Gasteiger partial charge in [-0.15, -0.1) is 0 Å². The number of aromatic nitrogens is 3. The van der Waals surface area contributed by atoms with Crippen LogP contribution in [0.2, 0.25) is 0 Å². The van der Waals surface area contributed by atoms with Gasteiger partial charge in [-0.1, -0.05) is 0 Å². The summed E-state index contributed by atoms with van der Waals surface area (Å²) in [7, 11) is 1.51. The van der Waals surface area contributed by atoms with Gasteiger partial charge in [-0.2, -0.15) is 0 Å². The van der Waals surface area contributed by atoms with Gasteiger partial charge >= 0.3 is 5.97 Å². The average molecular weight is 453 g/mol. The number of ether oxygens (including phenoxy) is 4. The summed E-state index contributed by atoms with van der Waals surface area (Å²) < 4.78 is 37.0. The third kappa shape index (κ3) is 4.82. The maximum absolute atomic E-state index is 15.0. The van der Waals surface area contributed by atoms with Gasteiger partial charge in [0.1, 0.15) is 6.33 Å². The van der Waals surface area contributed by atoms with Crippen molar-refractivity contribution in [1.82, 2.24) is 15.0 Å². The van der Waals surface area contributed by atoms with Crippen LogP contribution in [0, 0.1) is 12.7 Å². The van der Waals surface area contributed by atoms with Gasteiger partial charge in [-0.25, -0.2) is 14.4 Å². The molecule has 0 aliphatic carbocycles. The van der Waals surface area contributed by atoms with Crippen molar-refractivity contribution in [2.45, 2.75) is 26.7 Å². The zero-order valence-electron chi connectivity index (χ0n) is 18.6. The molecule has 0 atom stereocenters. The molecule has 1 N–H and O–H groups in total. The normalized spacial score (nSPS) is 11.0. The van der Waals surface area contributed by atoms with Crippen molar-refractivity contribution in [2.24, 2.45) is 0 Å². The predicted octanol–water partition coefficient (Wildman–Crippen LogP) is 5.08. The maximum Gasteiger partial charge on any atom is 0.305 e. The number of benzene rings is 2. The van der Waals surface area contributed by atoms with E-state index in [0.717, 1.165) is 5.69 Å². The second kappa shape index (κ2) is 9.72. The Kier molecular flexibility index (Phi) is 6.58. The van der Waals surface area contributed by atoms with Gasteiger partial charge in [0.05, 0.1) is 31.2 Å². The molecule has 0 amide bonds. The Hall–Kier alpha value is -3.88. The molecule has 8 nitrogen and oxygen atoms in total. The smallest absolute Gasteiger partial charge is 0.305 e. The SMILES string of the molecule is CCOC(=O)CCCOc1cc2ncnc(Oc3ccc4[nH]c(C)cc4c3F)c2cc1OC. The molecule has 33 heavy (non-hydrogen) atoms. The number of hydrogen-bond donors (Lipinski definition) is 1. The number of hydrogen-bond acceptors (Lipinski definition) is 7. The van der Waals surface area contributed by atoms with Crippen molar-refractivity contribution in [1.29, 1.82) is 0 Å². The molecular weight excluding hydrogens is 429 g/mol. The summed E-state index contributed by atoms with van der Waals surface area (Å²) in [5.74, 6) is 0.417. The van der Waals surface area contributed by atoms with Crippen LogP contribution in [0.25, 0.3) is 21.8 Å². The highest BCUT2D eigenvalue weighted by Gasteiger charge is 2.16. The lowest BCUT2D eigenvalue weighted by molar-refractivity contribution is -0.143. The second-order valence-electron chi connectivity index (χ2n) is 7.35. The van der Waals surface area contributed by atoms with Crippen molar-refractivity contribution in [3.05, 3.63) is 48.2 Å². The van der Waals surface area contributed by atoms with Crippen molar-refractivity contribution in [2.75, 3.05) is 20.3 Å². The predicted molar refractivity (Wildman–Crippen MR) is 121 cm³/mol. The van der Waals surface area contributed by atoms with Gasteiger partial charge in [-0.3, -0.25) is 4.79 Å². The van der Waals surface area contributed by atoms with Gasteiger partial charge < -0.3 is 23.9 Å². The Morgan fingerprint density at radius 1 is 1.09 bits per heavy atom. The maximum atomic E-state index is 15.0. The van der Waals surface area contributed by atoms with Crippen LogP contribution in [0.1, 0.15) is 25.5 Å². The first kappa shape index (κ1) is 22.3. The molecule has 0 unspecified atom stereocenters. The number of esters is 1. The Bertz CT molecular complexity index is 1300. The number of methoxy groups -OCH3 is 1. The molecular formula is C24H24FN3O5. The monoisotopic (exact) mass is 453 g/mol. The highest BCUT2D eigenvalue weighted by Crippen LogP contribution is 2.37. The van der Waals surface area contributed by atoms with Crippen LogP contribution in [0.4, 0.5) is 4.39 Å². The number of H-pyrrole nitrogens is 1. The molecule has 0 aliphatic heterocycles. The number of halogens is 1. The number of rotatable bonds is 9. The first-order valence-electron chi connectivity index (χ1n) is 10.6. The fourth-order valence-corrected chi connectivity index (χ4v) is 3.50. The molecule has 0 fully saturated rings. The number of fused-ring (bicyclic) bond motifs is 2. The van der Waals surface area contributed by atoms with E-state index in [0.29, 0.717) is 52.9 Å². The number of carbonyl (C=O) groups excluding carboxylic acids is 1. The zero-order chi connectivity index (χ0) is 23.4. The van der Waals surface area contributed by atoms with Gasteiger partial charge in [0.25, 0.3) is 0 Å². The fraction of sp³-hybridized carbons (Fsp3) is 0.292. The standard InChI is InChI=1S/C24H24FN3O5/c1-4-31-22(29)6-5-9-32-21-12-18-16(11-20(21)30-3)24(27-13-26-18)33-19-8-7-17-15(23(19)25)10-14(2)28-17/h7-8,10-13,28H,4-6,9H2,1-3H3. The summed E-state index contributed by atoms with van der Waals surface area (Å²) in [6, 6.07) is 8.42. The molecule has 2 heterocycles. The largest absolute Gasteiger partial charge is 0.493 e. The van der Waals surface area contributed by atoms with Crippen LogP contribution < -0.4 is 14.2 Å². The Labute approximate surface area is 189 Å². The van der Waals surface area contributed by atoms with Crippen LogP contribution in [0.5, 0.6) is 23.1 Å². The number of aromatic amines is 1. The van der Waals surface area contributed by atoms with E-state index in [4.69, 9.17) is 18.9 Å². The minimum absolute atomic E-state index is 0.0553. The summed E-state index contributed by atoms with van der Waals surface area (Å²) in [6.45, 7) is 4.28. The lowest BCUT2D eigenvalue weighted by Crippen LogP contribution is -2.07. The molecule has 0 saturated heterocycles. The quantitative estimate of drug-likeness (QED) is 0.279. The van der Waals surface area contributed by atoms with Gasteiger partial charge in [-0.05, 0) is 44.5 Å². The molecule has 2 aromatic heterocycles. The van der Waals surface area contributed by atoms with E-state index in [2.05, 4.69) is 15.0 Å². The van der Waals surface area contributed by atoms with Crippen LogP contribution in [0.3, 0.4) is 0 Å². The first-order valence-corrected chi connectivity index (χ1v) is 10.6. The molecule has 0 bridgehead atoms. The molecule has 9 heteroatoms. The minimum atomic E-state index is -0.475. The van der Waals surface area contributed by atoms with Crippen LogP contribution in [-0.2, 0) is 9.53 Å². The highest BCUT2D eigenvalue weighted by atomic mass is 19.1. The van der Waals surface area contributed by atoms with E-state index in [1.165, 1.54) is 13.4 Å². The fourth-order valence-electron chi connectivity index (χ4n) is 3.50. The Morgan fingerprint density at radius 3 is 2.73 bits per heavy atom. The van der Waals surface area contributed by atoms with E-state index >= 15 is 0 Å². The highest BCUT2D eigenvalue weighted by molar-refractivity contribution is 5.87. The molecule has 4 aromatic rings. The van der Waals surface area contributed by atoms with Crippen LogP contribution in [-0.4, -0.2) is 41.2 Å². The molecule has 0 saturated carbocycles. The van der Waals surface area contributed by atoms with Gasteiger partial charge in [0, 0.05) is 29.1 Å². The molecule has 4 rings (SSSR count). The summed E-state index contributed by atoms with van der Waals surface area (Å²) >= 11 is 0. The summed E-state index contributed by atoms with van der Waals surface area (Å²) in [5.41, 5.74) is 2.09. The van der Waals surface area contributed by atoms with Crippen LogP contribution >= 0.6 is 0 Å². The van der Waals surface area contributed by atoms with Crippen LogP contribution in [0.15, 0.2) is 36.7 Å². The topological polar surface area (TPSA) is 95.6 Å². The number of nitrogens with zero attached hydrogens (tertiary/aromatic N) is 2. The van der Waals surface area contributed by atoms with Crippen molar-refractivity contribution >= 4 is 27.8 Å². The summed E-state index contributed by atoms with van der Waals surface area (Å²) in [5, 5.41) is 0.984. The summed E-state index contributed by atoms with van der Waals surface area (Å²) in [6.07, 6.45) is 2.10. The van der Waals surface area contributed by atoms with Gasteiger partial charge in [0.15, 0.2) is 23.1 Å². The lowest BCUT2D eigenvalue weighted by atomic mass is 10.2. The van der Waals surface area contributed by atoms with Crippen molar-refractivity contribution < 1.29 is 28.1 Å².